The standard InChI is InChI=1S/C19H18N4OS/c1-14(11-15-7-3-2-4-8-15)12-20-23-18(24)13-25-19-21-16-9-5-6-10-17(16)22-19/h2-12H,13H2,1H3,(H,21,22)(H,23,24). The van der Waals surface area contributed by atoms with E-state index in [4.69, 9.17) is 0 Å². The van der Waals surface area contributed by atoms with E-state index < -0.39 is 0 Å². The molecule has 25 heavy (non-hydrogen) atoms. The monoisotopic (exact) mass is 350 g/mol. The zero-order valence-corrected chi connectivity index (χ0v) is 14.6. The summed E-state index contributed by atoms with van der Waals surface area (Å²) in [4.78, 5) is 19.5. The smallest absolute Gasteiger partial charge is 0.250 e. The number of amides is 1. The number of fused-ring (bicyclic) bond motifs is 1. The minimum atomic E-state index is -0.172. The third-order valence-corrected chi connectivity index (χ3v) is 4.23. The highest BCUT2D eigenvalue weighted by Gasteiger charge is 2.06. The minimum absolute atomic E-state index is 0.172. The third-order valence-electron chi connectivity index (χ3n) is 3.36. The van der Waals surface area contributed by atoms with Gasteiger partial charge in [0.1, 0.15) is 0 Å². The number of imidazole rings is 1. The Kier molecular flexibility index (Phi) is 5.64. The van der Waals surface area contributed by atoms with Gasteiger partial charge in [-0.15, -0.1) is 0 Å². The second-order valence-corrected chi connectivity index (χ2v) is 6.40. The molecule has 1 amide bonds. The van der Waals surface area contributed by atoms with E-state index in [0.29, 0.717) is 0 Å². The molecule has 5 nitrogen and oxygen atoms in total. The Bertz CT molecular complexity index is 882. The molecule has 0 saturated heterocycles. The number of allylic oxidation sites excluding steroid dienone is 1. The quantitative estimate of drug-likeness (QED) is 0.403. The van der Waals surface area contributed by atoms with Crippen LogP contribution in [0.15, 0.2) is 70.4 Å². The van der Waals surface area contributed by atoms with E-state index >= 15 is 0 Å². The molecule has 0 aliphatic rings. The van der Waals surface area contributed by atoms with Crippen LogP contribution in [0.25, 0.3) is 17.1 Å². The molecule has 2 aromatic carbocycles. The predicted molar refractivity (Wildman–Crippen MR) is 104 cm³/mol. The Morgan fingerprint density at radius 2 is 1.96 bits per heavy atom. The molecule has 126 valence electrons. The molecule has 3 aromatic rings. The van der Waals surface area contributed by atoms with Gasteiger partial charge in [0.15, 0.2) is 5.16 Å². The van der Waals surface area contributed by atoms with Crippen LogP contribution in [0.2, 0.25) is 0 Å². The number of nitrogens with one attached hydrogen (secondary N) is 2. The number of H-pyrrole nitrogens is 1. The normalized spacial score (nSPS) is 12.0. The molecule has 0 saturated carbocycles. The summed E-state index contributed by atoms with van der Waals surface area (Å²) in [6.45, 7) is 1.94. The zero-order chi connectivity index (χ0) is 17.5. The number of hydrazone groups is 1. The van der Waals surface area contributed by atoms with Crippen LogP contribution >= 0.6 is 11.8 Å². The number of carbonyl (C=O) groups excluding carboxylic acids is 1. The molecule has 6 heteroatoms. The summed E-state index contributed by atoms with van der Waals surface area (Å²) >= 11 is 1.35. The SMILES string of the molecule is CC(C=NNC(=O)CSc1nc2ccccc2[nH]1)=Cc1ccccc1. The summed E-state index contributed by atoms with van der Waals surface area (Å²) < 4.78 is 0. The van der Waals surface area contributed by atoms with E-state index in [9.17, 15) is 4.79 Å². The number of para-hydroxylation sites is 2. The molecular weight excluding hydrogens is 332 g/mol. The molecular formula is C19H18N4OS. The Labute approximate surface area is 150 Å². The van der Waals surface area contributed by atoms with Crippen LogP contribution in [-0.2, 0) is 4.79 Å². The second-order valence-electron chi connectivity index (χ2n) is 5.44. The number of rotatable bonds is 6. The number of benzene rings is 2. The number of thioether (sulfide) groups is 1. The second kappa shape index (κ2) is 8.30. The highest BCUT2D eigenvalue weighted by atomic mass is 32.2. The van der Waals surface area contributed by atoms with Gasteiger partial charge >= 0.3 is 0 Å². The Morgan fingerprint density at radius 1 is 1.20 bits per heavy atom. The van der Waals surface area contributed by atoms with Crippen LogP contribution in [0.1, 0.15) is 12.5 Å². The summed E-state index contributed by atoms with van der Waals surface area (Å²) in [6.07, 6.45) is 3.63. The van der Waals surface area contributed by atoms with Crippen molar-refractivity contribution in [3.05, 3.63) is 65.7 Å². The molecule has 0 spiro atoms. The summed E-state index contributed by atoms with van der Waals surface area (Å²) in [7, 11) is 0. The maximum absolute atomic E-state index is 11.9. The van der Waals surface area contributed by atoms with Gasteiger partial charge in [-0.05, 0) is 30.2 Å². The molecule has 0 unspecified atom stereocenters. The van der Waals surface area contributed by atoms with E-state index in [0.717, 1.165) is 27.3 Å². The van der Waals surface area contributed by atoms with Gasteiger partial charge in [0.2, 0.25) is 0 Å². The van der Waals surface area contributed by atoms with Gasteiger partial charge in [-0.1, -0.05) is 60.3 Å². The van der Waals surface area contributed by atoms with Crippen molar-refractivity contribution >= 4 is 41.0 Å². The van der Waals surface area contributed by atoms with E-state index in [-0.39, 0.29) is 11.7 Å². The summed E-state index contributed by atoms with van der Waals surface area (Å²) in [6, 6.07) is 17.7. The first-order chi connectivity index (χ1) is 12.2. The average Bonchev–Trinajstić information content (AvgIpc) is 3.04. The van der Waals surface area contributed by atoms with Crippen molar-refractivity contribution in [1.82, 2.24) is 15.4 Å². The van der Waals surface area contributed by atoms with E-state index in [1.54, 1.807) is 6.21 Å². The first-order valence-corrected chi connectivity index (χ1v) is 8.82. The van der Waals surface area contributed by atoms with Crippen molar-refractivity contribution in [2.24, 2.45) is 5.10 Å². The summed E-state index contributed by atoms with van der Waals surface area (Å²) in [5.74, 6) is 0.0766. The van der Waals surface area contributed by atoms with E-state index in [1.165, 1.54) is 11.8 Å². The molecule has 0 fully saturated rings. The lowest BCUT2D eigenvalue weighted by Gasteiger charge is -1.98. The zero-order valence-electron chi connectivity index (χ0n) is 13.8. The fourth-order valence-corrected chi connectivity index (χ4v) is 2.90. The van der Waals surface area contributed by atoms with Crippen LogP contribution < -0.4 is 5.43 Å². The molecule has 0 radical (unpaired) electrons. The molecule has 0 atom stereocenters. The molecule has 1 aromatic heterocycles. The van der Waals surface area contributed by atoms with Crippen molar-refractivity contribution in [2.75, 3.05) is 5.75 Å². The highest BCUT2D eigenvalue weighted by Crippen LogP contribution is 2.18. The van der Waals surface area contributed by atoms with Crippen LogP contribution in [0.4, 0.5) is 0 Å². The Balaban J connectivity index is 1.48. The maximum Gasteiger partial charge on any atom is 0.250 e. The van der Waals surface area contributed by atoms with Crippen molar-refractivity contribution in [3.63, 3.8) is 0 Å². The van der Waals surface area contributed by atoms with Gasteiger partial charge in [0.05, 0.1) is 23.0 Å². The van der Waals surface area contributed by atoms with Gasteiger partial charge in [-0.2, -0.15) is 5.10 Å². The number of hydrogen-bond donors (Lipinski definition) is 2. The summed E-state index contributed by atoms with van der Waals surface area (Å²) in [5, 5.41) is 4.71. The van der Waals surface area contributed by atoms with Gasteiger partial charge in [0, 0.05) is 0 Å². The largest absolute Gasteiger partial charge is 0.333 e. The lowest BCUT2D eigenvalue weighted by atomic mass is 10.1. The lowest BCUT2D eigenvalue weighted by Crippen LogP contribution is -2.19. The predicted octanol–water partition coefficient (Wildman–Crippen LogP) is 3.86. The van der Waals surface area contributed by atoms with Crippen molar-refractivity contribution in [2.45, 2.75) is 12.1 Å². The number of aromatic amines is 1. The molecule has 3 rings (SSSR count). The maximum atomic E-state index is 11.9. The van der Waals surface area contributed by atoms with Gasteiger partial charge in [-0.25, -0.2) is 10.4 Å². The van der Waals surface area contributed by atoms with Gasteiger partial charge in [-0.3, -0.25) is 4.79 Å². The summed E-state index contributed by atoms with van der Waals surface area (Å²) in [5.41, 5.74) is 6.44. The number of carbonyl (C=O) groups is 1. The van der Waals surface area contributed by atoms with Crippen LogP contribution in [0, 0.1) is 0 Å². The fraction of sp³-hybridized carbons (Fsp3) is 0.105. The first kappa shape index (κ1) is 17.0. The molecule has 0 bridgehead atoms. The molecule has 0 aliphatic heterocycles. The lowest BCUT2D eigenvalue weighted by molar-refractivity contribution is -0.118. The molecule has 1 heterocycles. The van der Waals surface area contributed by atoms with E-state index in [2.05, 4.69) is 20.5 Å². The first-order valence-electron chi connectivity index (χ1n) is 7.83. The molecule has 0 aliphatic carbocycles. The van der Waals surface area contributed by atoms with Crippen molar-refractivity contribution in [1.29, 1.82) is 0 Å². The van der Waals surface area contributed by atoms with Crippen molar-refractivity contribution in [3.8, 4) is 0 Å². The van der Waals surface area contributed by atoms with Crippen molar-refractivity contribution < 1.29 is 4.79 Å². The van der Waals surface area contributed by atoms with Gasteiger partial charge in [0.25, 0.3) is 5.91 Å². The fourth-order valence-electron chi connectivity index (χ4n) is 2.22. The highest BCUT2D eigenvalue weighted by molar-refractivity contribution is 7.99. The minimum Gasteiger partial charge on any atom is -0.333 e. The van der Waals surface area contributed by atoms with Gasteiger partial charge < -0.3 is 4.98 Å². The number of aromatic nitrogens is 2. The van der Waals surface area contributed by atoms with Crippen LogP contribution in [0.5, 0.6) is 0 Å². The number of hydrogen-bond acceptors (Lipinski definition) is 4. The topological polar surface area (TPSA) is 70.1 Å². The Morgan fingerprint density at radius 3 is 2.76 bits per heavy atom. The Hall–Kier alpha value is -2.86. The number of nitrogens with zero attached hydrogens (tertiary/aromatic N) is 2. The van der Waals surface area contributed by atoms with Crippen LogP contribution in [0.3, 0.4) is 0 Å². The molecule has 2 N–H and O–H groups in total. The third kappa shape index (κ3) is 5.06. The van der Waals surface area contributed by atoms with Crippen LogP contribution in [-0.4, -0.2) is 27.8 Å². The average molecular weight is 350 g/mol. The van der Waals surface area contributed by atoms with E-state index in [1.807, 2.05) is 67.6 Å².